The zero-order valence-corrected chi connectivity index (χ0v) is 16.9. The molecule has 1 heterocycles. The second-order valence-corrected chi connectivity index (χ2v) is 8.33. The van der Waals surface area contributed by atoms with Gasteiger partial charge < -0.3 is 4.74 Å². The topological polar surface area (TPSA) is 26.3 Å². The molecule has 0 aliphatic rings. The zero-order chi connectivity index (χ0) is 18.3. The second kappa shape index (κ2) is 6.86. The van der Waals surface area contributed by atoms with E-state index in [1.807, 2.05) is 18.2 Å². The van der Waals surface area contributed by atoms with Gasteiger partial charge in [-0.25, -0.2) is 4.79 Å². The van der Waals surface area contributed by atoms with E-state index in [4.69, 9.17) is 4.74 Å². The summed E-state index contributed by atoms with van der Waals surface area (Å²) in [5, 5.41) is 3.58. The van der Waals surface area contributed by atoms with Gasteiger partial charge in [-0.2, -0.15) is 0 Å². The van der Waals surface area contributed by atoms with Gasteiger partial charge in [0.15, 0.2) is 0 Å². The molecule has 0 atom stereocenters. The van der Waals surface area contributed by atoms with Crippen LogP contribution in [-0.2, 0) is 11.2 Å². The van der Waals surface area contributed by atoms with Crippen molar-refractivity contribution in [1.29, 1.82) is 0 Å². The molecule has 0 aliphatic heterocycles. The van der Waals surface area contributed by atoms with Crippen LogP contribution in [0.4, 0.5) is 0 Å². The van der Waals surface area contributed by atoms with E-state index in [1.165, 1.54) is 38.6 Å². The van der Waals surface area contributed by atoms with E-state index in [0.717, 1.165) is 16.3 Å². The van der Waals surface area contributed by atoms with E-state index in [9.17, 15) is 4.79 Å². The summed E-state index contributed by atoms with van der Waals surface area (Å²) in [6, 6.07) is 18.5. The summed E-state index contributed by atoms with van der Waals surface area (Å²) in [6.45, 7) is 2.15. The number of hydrogen-bond acceptors (Lipinski definition) is 3. The third kappa shape index (κ3) is 2.93. The molecule has 0 unspecified atom stereocenters. The Kier molecular flexibility index (Phi) is 4.55. The van der Waals surface area contributed by atoms with Crippen LogP contribution in [0.1, 0.15) is 26.4 Å². The minimum absolute atomic E-state index is 0.298. The molecule has 0 saturated heterocycles. The van der Waals surface area contributed by atoms with Crippen LogP contribution >= 0.6 is 27.3 Å². The number of thiophene rings is 1. The molecule has 26 heavy (non-hydrogen) atoms. The summed E-state index contributed by atoms with van der Waals surface area (Å²) in [4.78, 5) is 13.2. The van der Waals surface area contributed by atoms with Crippen LogP contribution in [-0.4, -0.2) is 13.1 Å². The van der Waals surface area contributed by atoms with Crippen molar-refractivity contribution >= 4 is 54.1 Å². The van der Waals surface area contributed by atoms with Gasteiger partial charge >= 0.3 is 5.97 Å². The van der Waals surface area contributed by atoms with Crippen LogP contribution in [0.5, 0.6) is 0 Å². The molecule has 0 fully saturated rings. The average Bonchev–Trinajstić information content (AvgIpc) is 2.98. The summed E-state index contributed by atoms with van der Waals surface area (Å²) in [5.41, 5.74) is 3.11. The van der Waals surface area contributed by atoms with Crippen LogP contribution in [0.25, 0.3) is 20.9 Å². The normalized spacial score (nSPS) is 11.2. The first-order valence-electron chi connectivity index (χ1n) is 8.35. The lowest BCUT2D eigenvalue weighted by atomic mass is 9.98. The Bertz CT molecular complexity index is 1140. The first-order valence-corrected chi connectivity index (χ1v) is 9.96. The largest absolute Gasteiger partial charge is 0.465 e. The Morgan fingerprint density at radius 3 is 2.69 bits per heavy atom. The Balaban J connectivity index is 1.83. The number of methoxy groups -OCH3 is 1. The van der Waals surface area contributed by atoms with Gasteiger partial charge in [0.1, 0.15) is 0 Å². The van der Waals surface area contributed by atoms with Crippen molar-refractivity contribution in [1.82, 2.24) is 0 Å². The summed E-state index contributed by atoms with van der Waals surface area (Å²) in [6.07, 6.45) is 0.821. The minimum Gasteiger partial charge on any atom is -0.465 e. The molecule has 0 saturated carbocycles. The van der Waals surface area contributed by atoms with Gasteiger partial charge in [0.25, 0.3) is 0 Å². The van der Waals surface area contributed by atoms with Crippen molar-refractivity contribution in [2.75, 3.05) is 7.11 Å². The Morgan fingerprint density at radius 1 is 1.08 bits per heavy atom. The van der Waals surface area contributed by atoms with Crippen LogP contribution < -0.4 is 0 Å². The van der Waals surface area contributed by atoms with Gasteiger partial charge in [0, 0.05) is 20.5 Å². The standard InChI is InChI=1S/C22H17BrO2S/c1-13-18(19-12-16(22(24)25-2)9-10-20(19)26-13)11-15-8-7-14-5-3-4-6-17(14)21(15)23/h3-10,12H,11H2,1-2H3. The Labute approximate surface area is 164 Å². The van der Waals surface area contributed by atoms with E-state index in [1.54, 1.807) is 11.3 Å². The predicted molar refractivity (Wildman–Crippen MR) is 112 cm³/mol. The van der Waals surface area contributed by atoms with E-state index in [0.29, 0.717) is 5.56 Å². The van der Waals surface area contributed by atoms with E-state index < -0.39 is 0 Å². The predicted octanol–water partition coefficient (Wildman–Crippen LogP) is 6.50. The van der Waals surface area contributed by atoms with Gasteiger partial charge in [0.2, 0.25) is 0 Å². The second-order valence-electron chi connectivity index (χ2n) is 6.28. The number of aryl methyl sites for hydroxylation is 1. The zero-order valence-electron chi connectivity index (χ0n) is 14.5. The van der Waals surface area contributed by atoms with Gasteiger partial charge in [0.05, 0.1) is 12.7 Å². The molecule has 0 aliphatic carbocycles. The highest BCUT2D eigenvalue weighted by atomic mass is 79.9. The van der Waals surface area contributed by atoms with Gasteiger partial charge in [-0.15, -0.1) is 11.3 Å². The number of rotatable bonds is 3. The molecule has 0 radical (unpaired) electrons. The minimum atomic E-state index is -0.298. The van der Waals surface area contributed by atoms with E-state index in [-0.39, 0.29) is 5.97 Å². The number of fused-ring (bicyclic) bond motifs is 2. The highest BCUT2D eigenvalue weighted by Gasteiger charge is 2.15. The molecule has 1 aromatic heterocycles. The monoisotopic (exact) mass is 424 g/mol. The molecule has 4 aromatic rings. The molecule has 2 nitrogen and oxygen atoms in total. The number of carbonyl (C=O) groups is 1. The summed E-state index contributed by atoms with van der Waals surface area (Å²) < 4.78 is 7.21. The van der Waals surface area contributed by atoms with Crippen LogP contribution in [0.2, 0.25) is 0 Å². The first-order chi connectivity index (χ1) is 12.6. The summed E-state index contributed by atoms with van der Waals surface area (Å²) >= 11 is 5.56. The molecule has 0 amide bonds. The summed E-state index contributed by atoms with van der Waals surface area (Å²) in [7, 11) is 1.42. The highest BCUT2D eigenvalue weighted by molar-refractivity contribution is 9.10. The van der Waals surface area contributed by atoms with Gasteiger partial charge in [-0.1, -0.05) is 36.4 Å². The molecular formula is C22H17BrO2S. The number of hydrogen-bond donors (Lipinski definition) is 0. The maximum Gasteiger partial charge on any atom is 0.337 e. The number of halogens is 1. The molecular weight excluding hydrogens is 408 g/mol. The lowest BCUT2D eigenvalue weighted by Crippen LogP contribution is -2.00. The number of esters is 1. The maximum absolute atomic E-state index is 11.9. The average molecular weight is 425 g/mol. The third-order valence-electron chi connectivity index (χ3n) is 4.72. The molecule has 3 aromatic carbocycles. The quantitative estimate of drug-likeness (QED) is 0.350. The Morgan fingerprint density at radius 2 is 1.88 bits per heavy atom. The molecule has 0 N–H and O–H groups in total. The SMILES string of the molecule is COC(=O)c1ccc2sc(C)c(Cc3ccc4ccccc4c3Br)c2c1. The van der Waals surface area contributed by atoms with Crippen molar-refractivity contribution in [2.24, 2.45) is 0 Å². The molecule has 0 bridgehead atoms. The maximum atomic E-state index is 11.9. The number of carbonyl (C=O) groups excluding carboxylic acids is 1. The van der Waals surface area contributed by atoms with Gasteiger partial charge in [-0.05, 0) is 68.3 Å². The van der Waals surface area contributed by atoms with Crippen molar-refractivity contribution in [3.8, 4) is 0 Å². The third-order valence-corrected chi connectivity index (χ3v) is 6.79. The first kappa shape index (κ1) is 17.3. The van der Waals surface area contributed by atoms with Crippen molar-refractivity contribution in [3.05, 3.63) is 80.6 Å². The lowest BCUT2D eigenvalue weighted by Gasteiger charge is -2.09. The molecule has 130 valence electrons. The molecule has 4 heteroatoms. The summed E-state index contributed by atoms with van der Waals surface area (Å²) in [5.74, 6) is -0.298. The van der Waals surface area contributed by atoms with Crippen LogP contribution in [0.3, 0.4) is 0 Å². The van der Waals surface area contributed by atoms with Crippen LogP contribution in [0.15, 0.2) is 59.1 Å². The van der Waals surface area contributed by atoms with E-state index in [2.05, 4.69) is 59.3 Å². The molecule has 0 spiro atoms. The molecule has 4 rings (SSSR count). The fourth-order valence-corrected chi connectivity index (χ4v) is 5.04. The number of ether oxygens (including phenoxy) is 1. The lowest BCUT2D eigenvalue weighted by molar-refractivity contribution is 0.0601. The fraction of sp³-hybridized carbons (Fsp3) is 0.136. The van der Waals surface area contributed by atoms with Gasteiger partial charge in [-0.3, -0.25) is 0 Å². The van der Waals surface area contributed by atoms with E-state index >= 15 is 0 Å². The number of benzene rings is 3. The highest BCUT2D eigenvalue weighted by Crippen LogP contribution is 2.36. The van der Waals surface area contributed by atoms with Crippen molar-refractivity contribution in [3.63, 3.8) is 0 Å². The smallest absolute Gasteiger partial charge is 0.337 e. The van der Waals surface area contributed by atoms with Crippen molar-refractivity contribution < 1.29 is 9.53 Å². The van der Waals surface area contributed by atoms with Crippen LogP contribution in [0, 0.1) is 6.92 Å². The van der Waals surface area contributed by atoms with Crippen molar-refractivity contribution in [2.45, 2.75) is 13.3 Å². The Hall–Kier alpha value is -2.17. The fourth-order valence-electron chi connectivity index (χ4n) is 3.34.